The van der Waals surface area contributed by atoms with E-state index in [0.717, 1.165) is 72.1 Å². The highest BCUT2D eigenvalue weighted by Crippen LogP contribution is 2.42. The van der Waals surface area contributed by atoms with Gasteiger partial charge in [-0.05, 0) is 95.4 Å². The Morgan fingerprint density at radius 2 is 0.945 bits per heavy atom. The number of hydrogen-bond acceptors (Lipinski definition) is 1. The van der Waals surface area contributed by atoms with E-state index in [1.807, 2.05) is 30.3 Å². The van der Waals surface area contributed by atoms with Crippen molar-refractivity contribution in [3.8, 4) is 34.3 Å². The third kappa shape index (κ3) is 4.51. The fourth-order valence-electron chi connectivity index (χ4n) is 8.75. The van der Waals surface area contributed by atoms with Crippen LogP contribution in [0.5, 0.6) is 0 Å². The molecule has 5 heteroatoms. The Kier molecular flexibility index (Phi) is 6.61. The molecule has 0 amide bonds. The van der Waals surface area contributed by atoms with Crippen molar-refractivity contribution in [1.82, 2.24) is 13.7 Å². The van der Waals surface area contributed by atoms with Gasteiger partial charge in [0.15, 0.2) is 5.69 Å². The summed E-state index contributed by atoms with van der Waals surface area (Å²) < 4.78 is 6.91. The van der Waals surface area contributed by atoms with E-state index < -0.39 is 0 Å². The predicted octanol–water partition coefficient (Wildman–Crippen LogP) is 13.1. The molecule has 0 saturated heterocycles. The van der Waals surface area contributed by atoms with Crippen LogP contribution >= 0.6 is 0 Å². The van der Waals surface area contributed by atoms with Crippen LogP contribution in [0.3, 0.4) is 0 Å². The lowest BCUT2D eigenvalue weighted by Crippen LogP contribution is -1.98. The summed E-state index contributed by atoms with van der Waals surface area (Å²) in [5.74, 6) is 0. The summed E-state index contributed by atoms with van der Waals surface area (Å²) in [6.45, 7) is 7.92. The number of nitriles is 1. The predicted molar refractivity (Wildman–Crippen MR) is 226 cm³/mol. The highest BCUT2D eigenvalue weighted by molar-refractivity contribution is 6.17. The molecule has 0 atom stereocenters. The number of fused-ring (bicyclic) bond motifs is 9. The van der Waals surface area contributed by atoms with Crippen molar-refractivity contribution in [2.24, 2.45) is 0 Å². The Balaban J connectivity index is 1.16. The Labute approximate surface area is 316 Å². The van der Waals surface area contributed by atoms with Crippen molar-refractivity contribution in [1.29, 1.82) is 5.26 Å². The van der Waals surface area contributed by atoms with Crippen LogP contribution in [-0.4, -0.2) is 13.7 Å². The lowest BCUT2D eigenvalue weighted by molar-refractivity contribution is 1.16. The van der Waals surface area contributed by atoms with Crippen LogP contribution in [0, 0.1) is 17.9 Å². The first kappa shape index (κ1) is 30.7. The SMILES string of the molecule is [C-]#[N+]c1ccc2c(c1)c1c(-n3c4ccccc4c4ccccc43)cccc1n2-c1cc(C#N)cc(-c2cccc(-n3c4ccccc4c4ccccc43)c2)c1. The Hall–Kier alpha value is -7.86. The second-order valence-electron chi connectivity index (χ2n) is 14.0. The highest BCUT2D eigenvalue weighted by Gasteiger charge is 2.21. The molecular weight excluding hydrogens is 671 g/mol. The number of benzene rings is 8. The van der Waals surface area contributed by atoms with Crippen LogP contribution in [0.4, 0.5) is 5.69 Å². The second kappa shape index (κ2) is 11.8. The fraction of sp³-hybridized carbons (Fsp3) is 0. The molecule has 254 valence electrons. The summed E-state index contributed by atoms with van der Waals surface area (Å²) in [5.41, 5.74) is 12.6. The molecule has 11 rings (SSSR count). The molecule has 0 aliphatic rings. The quantitative estimate of drug-likeness (QED) is 0.169. The van der Waals surface area contributed by atoms with Gasteiger partial charge in [0.05, 0.1) is 57.0 Å². The summed E-state index contributed by atoms with van der Waals surface area (Å²) in [7, 11) is 0. The smallest absolute Gasteiger partial charge is 0.188 e. The van der Waals surface area contributed by atoms with E-state index in [9.17, 15) is 5.26 Å². The lowest BCUT2D eigenvalue weighted by atomic mass is 10.0. The Bertz CT molecular complexity index is 3360. The third-order valence-electron chi connectivity index (χ3n) is 11.0. The van der Waals surface area contributed by atoms with Crippen LogP contribution in [0.2, 0.25) is 0 Å². The standard InChI is InChI=1S/C50H29N5/c1-52-35-24-25-47-42(30-35)50-48(22-11-23-49(50)55-45-20-8-4-16-40(45)41-17-5-9-21-46(41)55)54(47)37-27-32(31-51)26-34(29-37)33-12-10-13-36(28-33)53-43-18-6-2-14-38(43)39-15-3-7-19-44(39)53/h2-30H. The minimum Gasteiger partial charge on any atom is -0.309 e. The molecule has 0 aliphatic carbocycles. The van der Waals surface area contributed by atoms with Crippen molar-refractivity contribution in [2.75, 3.05) is 0 Å². The summed E-state index contributed by atoms with van der Waals surface area (Å²) >= 11 is 0. The second-order valence-corrected chi connectivity index (χ2v) is 14.0. The largest absolute Gasteiger partial charge is 0.309 e. The number of hydrogen-bond donors (Lipinski definition) is 0. The third-order valence-corrected chi connectivity index (χ3v) is 11.0. The van der Waals surface area contributed by atoms with Crippen molar-refractivity contribution in [3.05, 3.63) is 193 Å². The van der Waals surface area contributed by atoms with Gasteiger partial charge in [0, 0.05) is 38.3 Å². The average Bonchev–Trinajstić information content (AvgIpc) is 3.89. The van der Waals surface area contributed by atoms with Crippen LogP contribution in [0.1, 0.15) is 5.56 Å². The number of aromatic nitrogens is 3. The van der Waals surface area contributed by atoms with Gasteiger partial charge in [-0.3, -0.25) is 0 Å². The first-order valence-electron chi connectivity index (χ1n) is 18.3. The summed E-state index contributed by atoms with van der Waals surface area (Å²) in [6.07, 6.45) is 0. The molecule has 5 nitrogen and oxygen atoms in total. The summed E-state index contributed by atoms with van der Waals surface area (Å²) in [4.78, 5) is 3.84. The van der Waals surface area contributed by atoms with Crippen molar-refractivity contribution < 1.29 is 0 Å². The molecule has 0 saturated carbocycles. The maximum Gasteiger partial charge on any atom is 0.188 e. The van der Waals surface area contributed by atoms with E-state index in [0.29, 0.717) is 11.3 Å². The minimum atomic E-state index is 0.570. The van der Waals surface area contributed by atoms with Crippen LogP contribution < -0.4 is 0 Å². The molecule has 0 fully saturated rings. The van der Waals surface area contributed by atoms with Gasteiger partial charge in [-0.25, -0.2) is 4.85 Å². The van der Waals surface area contributed by atoms with Crippen molar-refractivity contribution in [2.45, 2.75) is 0 Å². The van der Waals surface area contributed by atoms with Crippen LogP contribution in [0.25, 0.3) is 98.5 Å². The minimum absolute atomic E-state index is 0.570. The molecule has 3 aromatic heterocycles. The van der Waals surface area contributed by atoms with Crippen molar-refractivity contribution in [3.63, 3.8) is 0 Å². The van der Waals surface area contributed by atoms with E-state index in [1.54, 1.807) is 0 Å². The Morgan fingerprint density at radius 3 is 1.56 bits per heavy atom. The Morgan fingerprint density at radius 1 is 0.418 bits per heavy atom. The molecule has 3 heterocycles. The van der Waals surface area contributed by atoms with E-state index in [4.69, 9.17) is 6.57 Å². The number of para-hydroxylation sites is 4. The zero-order chi connectivity index (χ0) is 36.6. The topological polar surface area (TPSA) is 42.9 Å². The normalized spacial score (nSPS) is 11.6. The zero-order valence-corrected chi connectivity index (χ0v) is 29.5. The van der Waals surface area contributed by atoms with Crippen LogP contribution in [-0.2, 0) is 0 Å². The first-order chi connectivity index (χ1) is 27.2. The van der Waals surface area contributed by atoms with Crippen molar-refractivity contribution >= 4 is 71.1 Å². The molecule has 0 spiro atoms. The monoisotopic (exact) mass is 699 g/mol. The van der Waals surface area contributed by atoms with E-state index in [-0.39, 0.29) is 0 Å². The molecule has 55 heavy (non-hydrogen) atoms. The number of rotatable bonds is 4. The fourth-order valence-corrected chi connectivity index (χ4v) is 8.75. The van der Waals surface area contributed by atoms with Gasteiger partial charge in [0.2, 0.25) is 0 Å². The first-order valence-corrected chi connectivity index (χ1v) is 18.3. The average molecular weight is 700 g/mol. The lowest BCUT2D eigenvalue weighted by Gasteiger charge is -2.14. The van der Waals surface area contributed by atoms with Gasteiger partial charge < -0.3 is 13.7 Å². The highest BCUT2D eigenvalue weighted by atomic mass is 15.0. The molecule has 0 unspecified atom stereocenters. The van der Waals surface area contributed by atoms with Gasteiger partial charge >= 0.3 is 0 Å². The molecule has 11 aromatic rings. The van der Waals surface area contributed by atoms with Gasteiger partial charge in [-0.2, -0.15) is 5.26 Å². The number of nitrogens with zero attached hydrogens (tertiary/aromatic N) is 5. The zero-order valence-electron chi connectivity index (χ0n) is 29.5. The summed E-state index contributed by atoms with van der Waals surface area (Å²) in [6, 6.07) is 63.6. The van der Waals surface area contributed by atoms with Gasteiger partial charge in [0.25, 0.3) is 0 Å². The molecule has 0 radical (unpaired) electrons. The van der Waals surface area contributed by atoms with Gasteiger partial charge in [0.1, 0.15) is 0 Å². The summed E-state index contributed by atoms with van der Waals surface area (Å²) in [5, 5.41) is 17.3. The van der Waals surface area contributed by atoms with Crippen LogP contribution in [0.15, 0.2) is 176 Å². The van der Waals surface area contributed by atoms with Gasteiger partial charge in [-0.1, -0.05) is 97.1 Å². The molecular formula is C50H29N5. The van der Waals surface area contributed by atoms with E-state index in [2.05, 4.69) is 170 Å². The van der Waals surface area contributed by atoms with E-state index in [1.165, 1.54) is 21.5 Å². The molecule has 0 bridgehead atoms. The maximum absolute atomic E-state index is 10.4. The molecule has 0 N–H and O–H groups in total. The molecule has 0 aliphatic heterocycles. The molecule has 8 aromatic carbocycles. The maximum atomic E-state index is 10.4. The van der Waals surface area contributed by atoms with E-state index >= 15 is 0 Å². The van der Waals surface area contributed by atoms with Gasteiger partial charge in [-0.15, -0.1) is 0 Å².